The molecule has 0 radical (unpaired) electrons. The standard InChI is InChI=1S/C17H14O2/c18-16-11-10-15(13-8-4-5-9-14(13)16)17(19)12-6-2-1-3-7-12/h1-11,17-19H. The lowest BCUT2D eigenvalue weighted by molar-refractivity contribution is 0.222. The molecule has 1 unspecified atom stereocenters. The Hall–Kier alpha value is -2.32. The normalized spacial score (nSPS) is 12.5. The summed E-state index contributed by atoms with van der Waals surface area (Å²) in [6.07, 6.45) is -0.688. The van der Waals surface area contributed by atoms with Crippen molar-refractivity contribution in [2.24, 2.45) is 0 Å². The number of aliphatic hydroxyl groups is 1. The van der Waals surface area contributed by atoms with Crippen molar-refractivity contribution in [2.75, 3.05) is 0 Å². The van der Waals surface area contributed by atoms with E-state index in [4.69, 9.17) is 0 Å². The van der Waals surface area contributed by atoms with Crippen LogP contribution in [0.4, 0.5) is 0 Å². The molecule has 3 aromatic carbocycles. The Kier molecular flexibility index (Phi) is 2.94. The highest BCUT2D eigenvalue weighted by molar-refractivity contribution is 5.91. The van der Waals surface area contributed by atoms with Gasteiger partial charge in [-0.3, -0.25) is 0 Å². The number of phenolic OH excluding ortho intramolecular Hbond substituents is 1. The molecule has 0 fully saturated rings. The van der Waals surface area contributed by atoms with Gasteiger partial charge in [-0.2, -0.15) is 0 Å². The maximum atomic E-state index is 10.5. The summed E-state index contributed by atoms with van der Waals surface area (Å²) in [7, 11) is 0. The molecular formula is C17H14O2. The van der Waals surface area contributed by atoms with Crippen molar-refractivity contribution in [3.63, 3.8) is 0 Å². The average Bonchev–Trinajstić information content (AvgIpc) is 2.48. The third-order valence-corrected chi connectivity index (χ3v) is 3.34. The number of aromatic hydroxyl groups is 1. The van der Waals surface area contributed by atoms with E-state index in [1.54, 1.807) is 12.1 Å². The lowest BCUT2D eigenvalue weighted by Gasteiger charge is -2.14. The highest BCUT2D eigenvalue weighted by atomic mass is 16.3. The Bertz CT molecular complexity index is 705. The number of hydrogen-bond donors (Lipinski definition) is 2. The van der Waals surface area contributed by atoms with Crippen LogP contribution in [0.15, 0.2) is 66.7 Å². The zero-order chi connectivity index (χ0) is 13.2. The summed E-state index contributed by atoms with van der Waals surface area (Å²) >= 11 is 0. The molecule has 0 aromatic heterocycles. The Labute approximate surface area is 111 Å². The van der Waals surface area contributed by atoms with E-state index in [1.807, 2.05) is 54.6 Å². The van der Waals surface area contributed by atoms with Crippen LogP contribution in [0.2, 0.25) is 0 Å². The van der Waals surface area contributed by atoms with Crippen LogP contribution in [0.25, 0.3) is 10.8 Å². The molecule has 1 atom stereocenters. The first kappa shape index (κ1) is 11.8. The summed E-state index contributed by atoms with van der Waals surface area (Å²) in [4.78, 5) is 0. The van der Waals surface area contributed by atoms with E-state index in [0.717, 1.165) is 21.9 Å². The third-order valence-electron chi connectivity index (χ3n) is 3.34. The van der Waals surface area contributed by atoms with Gasteiger partial charge in [0.1, 0.15) is 11.9 Å². The largest absolute Gasteiger partial charge is 0.507 e. The van der Waals surface area contributed by atoms with Gasteiger partial charge in [0.2, 0.25) is 0 Å². The van der Waals surface area contributed by atoms with Gasteiger partial charge in [-0.05, 0) is 22.6 Å². The van der Waals surface area contributed by atoms with E-state index in [9.17, 15) is 10.2 Å². The van der Waals surface area contributed by atoms with Gasteiger partial charge < -0.3 is 10.2 Å². The second-order valence-electron chi connectivity index (χ2n) is 4.53. The number of benzene rings is 3. The van der Waals surface area contributed by atoms with Gasteiger partial charge in [-0.15, -0.1) is 0 Å². The van der Waals surface area contributed by atoms with E-state index in [1.165, 1.54) is 0 Å². The van der Waals surface area contributed by atoms with Crippen molar-refractivity contribution in [1.82, 2.24) is 0 Å². The summed E-state index contributed by atoms with van der Waals surface area (Å²) in [6, 6.07) is 20.5. The highest BCUT2D eigenvalue weighted by Crippen LogP contribution is 2.33. The minimum absolute atomic E-state index is 0.236. The number of fused-ring (bicyclic) bond motifs is 1. The van der Waals surface area contributed by atoms with Crippen LogP contribution in [0, 0.1) is 0 Å². The van der Waals surface area contributed by atoms with Crippen LogP contribution in [0.5, 0.6) is 5.75 Å². The fourth-order valence-electron chi connectivity index (χ4n) is 2.36. The van der Waals surface area contributed by atoms with Crippen molar-refractivity contribution in [3.05, 3.63) is 77.9 Å². The summed E-state index contributed by atoms with van der Waals surface area (Å²) < 4.78 is 0. The SMILES string of the molecule is Oc1ccc(C(O)c2ccccc2)c2ccccc12. The first-order valence-electron chi connectivity index (χ1n) is 6.21. The maximum Gasteiger partial charge on any atom is 0.123 e. The zero-order valence-corrected chi connectivity index (χ0v) is 10.3. The molecule has 2 N–H and O–H groups in total. The predicted octanol–water partition coefficient (Wildman–Crippen LogP) is 3.63. The smallest absolute Gasteiger partial charge is 0.123 e. The Morgan fingerprint density at radius 3 is 2.05 bits per heavy atom. The molecule has 0 heterocycles. The predicted molar refractivity (Wildman–Crippen MR) is 76.1 cm³/mol. The summed E-state index contributed by atoms with van der Waals surface area (Å²) in [6.45, 7) is 0. The zero-order valence-electron chi connectivity index (χ0n) is 10.3. The highest BCUT2D eigenvalue weighted by Gasteiger charge is 2.14. The molecule has 0 amide bonds. The van der Waals surface area contributed by atoms with Crippen LogP contribution >= 0.6 is 0 Å². The van der Waals surface area contributed by atoms with E-state index in [0.29, 0.717) is 0 Å². The second-order valence-corrected chi connectivity index (χ2v) is 4.53. The molecule has 3 aromatic rings. The Balaban J connectivity index is 2.18. The molecule has 2 heteroatoms. The number of rotatable bonds is 2. The number of aliphatic hydroxyl groups excluding tert-OH is 1. The maximum absolute atomic E-state index is 10.5. The molecule has 0 saturated carbocycles. The third kappa shape index (κ3) is 2.07. The molecule has 3 rings (SSSR count). The van der Waals surface area contributed by atoms with Gasteiger partial charge in [-0.1, -0.05) is 60.7 Å². The van der Waals surface area contributed by atoms with E-state index >= 15 is 0 Å². The minimum atomic E-state index is -0.688. The van der Waals surface area contributed by atoms with Crippen LogP contribution in [-0.2, 0) is 0 Å². The van der Waals surface area contributed by atoms with E-state index in [-0.39, 0.29) is 5.75 Å². The minimum Gasteiger partial charge on any atom is -0.507 e. The number of phenols is 1. The molecule has 0 aliphatic rings. The topological polar surface area (TPSA) is 40.5 Å². The van der Waals surface area contributed by atoms with Gasteiger partial charge in [0.15, 0.2) is 0 Å². The fourth-order valence-corrected chi connectivity index (χ4v) is 2.36. The van der Waals surface area contributed by atoms with Gasteiger partial charge in [0, 0.05) is 5.39 Å². The van der Waals surface area contributed by atoms with Crippen molar-refractivity contribution in [2.45, 2.75) is 6.10 Å². The summed E-state index contributed by atoms with van der Waals surface area (Å²) in [5.74, 6) is 0.236. The first-order chi connectivity index (χ1) is 9.27. The van der Waals surface area contributed by atoms with Crippen LogP contribution < -0.4 is 0 Å². The molecule has 0 bridgehead atoms. The van der Waals surface area contributed by atoms with Gasteiger partial charge in [0.25, 0.3) is 0 Å². The van der Waals surface area contributed by atoms with Gasteiger partial charge in [-0.25, -0.2) is 0 Å². The molecule has 0 saturated heterocycles. The molecule has 2 nitrogen and oxygen atoms in total. The molecule has 0 aliphatic heterocycles. The van der Waals surface area contributed by atoms with Crippen molar-refractivity contribution in [3.8, 4) is 5.75 Å². The summed E-state index contributed by atoms with van der Waals surface area (Å²) in [5.41, 5.74) is 1.65. The van der Waals surface area contributed by atoms with E-state index in [2.05, 4.69) is 0 Å². The van der Waals surface area contributed by atoms with E-state index < -0.39 is 6.10 Å². The Morgan fingerprint density at radius 2 is 1.32 bits per heavy atom. The summed E-state index contributed by atoms with van der Waals surface area (Å²) in [5, 5.41) is 22.0. The lowest BCUT2D eigenvalue weighted by atomic mass is 9.95. The molecule has 0 aliphatic carbocycles. The molecule has 94 valence electrons. The van der Waals surface area contributed by atoms with Crippen LogP contribution in [-0.4, -0.2) is 10.2 Å². The first-order valence-corrected chi connectivity index (χ1v) is 6.21. The molecule has 19 heavy (non-hydrogen) atoms. The average molecular weight is 250 g/mol. The van der Waals surface area contributed by atoms with Gasteiger partial charge in [0.05, 0.1) is 0 Å². The van der Waals surface area contributed by atoms with Crippen LogP contribution in [0.3, 0.4) is 0 Å². The monoisotopic (exact) mass is 250 g/mol. The quantitative estimate of drug-likeness (QED) is 0.729. The number of hydrogen-bond acceptors (Lipinski definition) is 2. The lowest BCUT2D eigenvalue weighted by Crippen LogP contribution is -2.00. The molecule has 0 spiro atoms. The van der Waals surface area contributed by atoms with Crippen molar-refractivity contribution < 1.29 is 10.2 Å². The Morgan fingerprint density at radius 1 is 0.684 bits per heavy atom. The fraction of sp³-hybridized carbons (Fsp3) is 0.0588. The second kappa shape index (κ2) is 4.75. The molecular weight excluding hydrogens is 236 g/mol. The van der Waals surface area contributed by atoms with Crippen LogP contribution in [0.1, 0.15) is 17.2 Å². The van der Waals surface area contributed by atoms with Crippen molar-refractivity contribution in [1.29, 1.82) is 0 Å². The van der Waals surface area contributed by atoms with Gasteiger partial charge >= 0.3 is 0 Å². The van der Waals surface area contributed by atoms with Crippen molar-refractivity contribution >= 4 is 10.8 Å².